The number of alkyl halides is 1. The average molecular weight is 297 g/mol. The van der Waals surface area contributed by atoms with Gasteiger partial charge in [-0.2, -0.15) is 0 Å². The van der Waals surface area contributed by atoms with Gasteiger partial charge in [0, 0.05) is 4.83 Å². The van der Waals surface area contributed by atoms with Gasteiger partial charge < -0.3 is 4.74 Å². The van der Waals surface area contributed by atoms with E-state index in [2.05, 4.69) is 22.9 Å². The molecular weight excluding hydrogens is 276 g/mol. The molecule has 2 heteroatoms. The van der Waals surface area contributed by atoms with E-state index in [1.54, 1.807) is 0 Å². The van der Waals surface area contributed by atoms with E-state index in [0.29, 0.717) is 5.41 Å². The first-order chi connectivity index (χ1) is 8.18. The SMILES string of the molecule is CC1(CCCOc2ccccc2)CCC(Br)C1. The van der Waals surface area contributed by atoms with E-state index in [9.17, 15) is 0 Å². The number of para-hydroxylation sites is 1. The minimum Gasteiger partial charge on any atom is -0.494 e. The minimum atomic E-state index is 0.536. The Kier molecular flexibility index (Phi) is 4.49. The minimum absolute atomic E-state index is 0.536. The van der Waals surface area contributed by atoms with Crippen molar-refractivity contribution in [3.63, 3.8) is 0 Å². The smallest absolute Gasteiger partial charge is 0.119 e. The molecule has 2 atom stereocenters. The summed E-state index contributed by atoms with van der Waals surface area (Å²) in [5, 5.41) is 0. The number of hydrogen-bond donors (Lipinski definition) is 0. The zero-order valence-corrected chi connectivity index (χ0v) is 12.1. The fourth-order valence-corrected chi connectivity index (χ4v) is 3.69. The number of halogens is 1. The fraction of sp³-hybridized carbons (Fsp3) is 0.600. The molecule has 0 bridgehead atoms. The summed E-state index contributed by atoms with van der Waals surface area (Å²) in [6, 6.07) is 10.1. The van der Waals surface area contributed by atoms with Crippen LogP contribution in [0, 0.1) is 5.41 Å². The van der Waals surface area contributed by atoms with Gasteiger partial charge in [0.1, 0.15) is 5.75 Å². The van der Waals surface area contributed by atoms with Crippen LogP contribution in [0.1, 0.15) is 39.0 Å². The Bertz CT molecular complexity index is 338. The van der Waals surface area contributed by atoms with E-state index >= 15 is 0 Å². The Morgan fingerprint density at radius 3 is 2.76 bits per heavy atom. The zero-order chi connectivity index (χ0) is 12.1. The first kappa shape index (κ1) is 12.9. The van der Waals surface area contributed by atoms with Crippen LogP contribution in [0.3, 0.4) is 0 Å². The van der Waals surface area contributed by atoms with Gasteiger partial charge in [-0.1, -0.05) is 41.1 Å². The maximum Gasteiger partial charge on any atom is 0.119 e. The van der Waals surface area contributed by atoms with Crippen molar-refractivity contribution in [3.05, 3.63) is 30.3 Å². The third kappa shape index (κ3) is 4.02. The largest absolute Gasteiger partial charge is 0.494 e. The molecule has 0 aromatic heterocycles. The van der Waals surface area contributed by atoms with Crippen molar-refractivity contribution in [2.24, 2.45) is 5.41 Å². The molecule has 0 spiro atoms. The molecule has 0 N–H and O–H groups in total. The summed E-state index contributed by atoms with van der Waals surface area (Å²) in [4.78, 5) is 0.738. The van der Waals surface area contributed by atoms with Gasteiger partial charge in [0.25, 0.3) is 0 Å². The second-order valence-electron chi connectivity index (χ2n) is 5.42. The maximum absolute atomic E-state index is 5.73. The van der Waals surface area contributed by atoms with Crippen molar-refractivity contribution in [3.8, 4) is 5.75 Å². The zero-order valence-electron chi connectivity index (χ0n) is 10.5. The van der Waals surface area contributed by atoms with Crippen molar-refractivity contribution in [2.45, 2.75) is 43.9 Å². The Balaban J connectivity index is 1.67. The summed E-state index contributed by atoms with van der Waals surface area (Å²) in [5.74, 6) is 0.988. The standard InChI is InChI=1S/C15H21BrO/c1-15(10-8-13(16)12-15)9-5-11-17-14-6-3-2-4-7-14/h2-4,6-7,13H,5,8-12H2,1H3. The highest BCUT2D eigenvalue weighted by molar-refractivity contribution is 9.09. The highest BCUT2D eigenvalue weighted by atomic mass is 79.9. The molecule has 1 saturated carbocycles. The van der Waals surface area contributed by atoms with Crippen LogP contribution in [0.15, 0.2) is 30.3 Å². The van der Waals surface area contributed by atoms with Crippen LogP contribution in [0.2, 0.25) is 0 Å². The van der Waals surface area contributed by atoms with Crippen molar-refractivity contribution in [1.29, 1.82) is 0 Å². The number of benzene rings is 1. The molecule has 2 rings (SSSR count). The molecule has 1 fully saturated rings. The molecule has 17 heavy (non-hydrogen) atoms. The van der Waals surface area contributed by atoms with E-state index in [0.717, 1.165) is 23.6 Å². The molecule has 0 saturated heterocycles. The first-order valence-electron chi connectivity index (χ1n) is 6.50. The Hall–Kier alpha value is -0.500. The summed E-state index contributed by atoms with van der Waals surface area (Å²) in [5.41, 5.74) is 0.536. The van der Waals surface area contributed by atoms with Crippen LogP contribution in [0.4, 0.5) is 0 Å². The molecule has 94 valence electrons. The van der Waals surface area contributed by atoms with E-state index < -0.39 is 0 Å². The highest BCUT2D eigenvalue weighted by Gasteiger charge is 2.33. The van der Waals surface area contributed by atoms with Gasteiger partial charge in [0.15, 0.2) is 0 Å². The van der Waals surface area contributed by atoms with Crippen molar-refractivity contribution < 1.29 is 4.74 Å². The lowest BCUT2D eigenvalue weighted by molar-refractivity contribution is 0.245. The van der Waals surface area contributed by atoms with Crippen LogP contribution < -0.4 is 4.74 Å². The molecule has 0 aliphatic heterocycles. The Morgan fingerprint density at radius 1 is 1.35 bits per heavy atom. The van der Waals surface area contributed by atoms with Crippen LogP contribution in [-0.2, 0) is 0 Å². The van der Waals surface area contributed by atoms with Gasteiger partial charge in [-0.3, -0.25) is 0 Å². The van der Waals surface area contributed by atoms with E-state index in [1.807, 2.05) is 30.3 Å². The topological polar surface area (TPSA) is 9.23 Å². The second kappa shape index (κ2) is 5.90. The molecule has 1 nitrogen and oxygen atoms in total. The van der Waals surface area contributed by atoms with Crippen molar-refractivity contribution >= 4 is 15.9 Å². The van der Waals surface area contributed by atoms with Crippen molar-refractivity contribution in [1.82, 2.24) is 0 Å². The predicted molar refractivity (Wildman–Crippen MR) is 75.8 cm³/mol. The van der Waals surface area contributed by atoms with Crippen LogP contribution in [0.5, 0.6) is 5.75 Å². The lowest BCUT2D eigenvalue weighted by Gasteiger charge is -2.23. The molecule has 0 heterocycles. The third-order valence-corrected chi connectivity index (χ3v) is 4.49. The second-order valence-corrected chi connectivity index (χ2v) is 6.71. The summed E-state index contributed by atoms with van der Waals surface area (Å²) in [6.07, 6.45) is 6.44. The molecule has 0 amide bonds. The Morgan fingerprint density at radius 2 is 2.12 bits per heavy atom. The summed E-state index contributed by atoms with van der Waals surface area (Å²) < 4.78 is 5.73. The van der Waals surface area contributed by atoms with Gasteiger partial charge in [-0.15, -0.1) is 0 Å². The lowest BCUT2D eigenvalue weighted by atomic mass is 9.84. The van der Waals surface area contributed by atoms with E-state index in [4.69, 9.17) is 4.74 Å². The molecule has 1 aliphatic rings. The summed E-state index contributed by atoms with van der Waals surface area (Å²) in [6.45, 7) is 3.25. The Labute approximate surface area is 113 Å². The van der Waals surface area contributed by atoms with Gasteiger partial charge in [-0.25, -0.2) is 0 Å². The van der Waals surface area contributed by atoms with Crippen LogP contribution in [-0.4, -0.2) is 11.4 Å². The number of ether oxygens (including phenoxy) is 1. The molecular formula is C15H21BrO. The quantitative estimate of drug-likeness (QED) is 0.560. The van der Waals surface area contributed by atoms with E-state index in [-0.39, 0.29) is 0 Å². The van der Waals surface area contributed by atoms with Crippen LogP contribution >= 0.6 is 15.9 Å². The summed E-state index contributed by atoms with van der Waals surface area (Å²) in [7, 11) is 0. The average Bonchev–Trinajstić information content (AvgIpc) is 2.67. The molecule has 1 aromatic carbocycles. The van der Waals surface area contributed by atoms with Crippen molar-refractivity contribution in [2.75, 3.05) is 6.61 Å². The molecule has 1 aromatic rings. The highest BCUT2D eigenvalue weighted by Crippen LogP contribution is 2.44. The van der Waals surface area contributed by atoms with Gasteiger partial charge in [0.2, 0.25) is 0 Å². The maximum atomic E-state index is 5.73. The number of hydrogen-bond acceptors (Lipinski definition) is 1. The first-order valence-corrected chi connectivity index (χ1v) is 7.41. The van der Waals surface area contributed by atoms with Gasteiger partial charge >= 0.3 is 0 Å². The van der Waals surface area contributed by atoms with Crippen LogP contribution in [0.25, 0.3) is 0 Å². The number of rotatable bonds is 5. The monoisotopic (exact) mass is 296 g/mol. The molecule has 1 aliphatic carbocycles. The molecule has 0 radical (unpaired) electrons. The lowest BCUT2D eigenvalue weighted by Crippen LogP contribution is -2.13. The van der Waals surface area contributed by atoms with Gasteiger partial charge in [-0.05, 0) is 49.7 Å². The fourth-order valence-electron chi connectivity index (χ4n) is 2.68. The molecule has 2 unspecified atom stereocenters. The normalized spacial score (nSPS) is 28.2. The predicted octanol–water partition coefficient (Wildman–Crippen LogP) is 4.80. The third-order valence-electron chi connectivity index (χ3n) is 3.71. The summed E-state index contributed by atoms with van der Waals surface area (Å²) >= 11 is 3.73. The van der Waals surface area contributed by atoms with Gasteiger partial charge in [0.05, 0.1) is 6.61 Å². The van der Waals surface area contributed by atoms with E-state index in [1.165, 1.54) is 25.7 Å².